The van der Waals surface area contributed by atoms with Crippen LogP contribution in [0, 0.1) is 5.92 Å². The Bertz CT molecular complexity index is 784. The molecule has 2 heterocycles. The van der Waals surface area contributed by atoms with Gasteiger partial charge in [0.1, 0.15) is 5.82 Å². The second-order valence-corrected chi connectivity index (χ2v) is 8.44. The van der Waals surface area contributed by atoms with Crippen LogP contribution in [0.5, 0.6) is 0 Å². The van der Waals surface area contributed by atoms with Crippen molar-refractivity contribution in [2.75, 3.05) is 17.2 Å². The van der Waals surface area contributed by atoms with E-state index in [4.69, 9.17) is 4.98 Å². The van der Waals surface area contributed by atoms with E-state index >= 15 is 0 Å². The molecule has 0 unspecified atom stereocenters. The van der Waals surface area contributed by atoms with Crippen molar-refractivity contribution < 1.29 is 5.11 Å². The quantitative estimate of drug-likeness (QED) is 0.555. The lowest BCUT2D eigenvalue weighted by atomic mass is 9.93. The van der Waals surface area contributed by atoms with Crippen LogP contribution in [0.1, 0.15) is 64.0 Å². The first kappa shape index (κ1) is 20.0. The molecule has 0 atom stereocenters. The number of aliphatic hydroxyl groups is 1. The van der Waals surface area contributed by atoms with Crippen molar-refractivity contribution in [3.05, 3.63) is 24.0 Å². The number of nitrogens with zero attached hydrogens (tertiary/aromatic N) is 4. The van der Waals surface area contributed by atoms with Crippen molar-refractivity contribution in [2.24, 2.45) is 5.92 Å². The maximum atomic E-state index is 9.80. The minimum atomic E-state index is -0.172. The fourth-order valence-electron chi connectivity index (χ4n) is 3.79. The van der Waals surface area contributed by atoms with Gasteiger partial charge in [0.25, 0.3) is 0 Å². The van der Waals surface area contributed by atoms with E-state index in [0.29, 0.717) is 12.0 Å². The Morgan fingerprint density at radius 3 is 2.59 bits per heavy atom. The van der Waals surface area contributed by atoms with E-state index in [2.05, 4.69) is 38.8 Å². The predicted molar refractivity (Wildman–Crippen MR) is 115 cm³/mol. The Morgan fingerprint density at radius 2 is 1.90 bits per heavy atom. The van der Waals surface area contributed by atoms with Gasteiger partial charge >= 0.3 is 0 Å². The molecule has 29 heavy (non-hydrogen) atoms. The second-order valence-electron chi connectivity index (χ2n) is 8.44. The van der Waals surface area contributed by atoms with Crippen LogP contribution >= 0.6 is 0 Å². The van der Waals surface area contributed by atoms with Gasteiger partial charge in [0.05, 0.1) is 23.1 Å². The van der Waals surface area contributed by atoms with Gasteiger partial charge in [0, 0.05) is 18.8 Å². The van der Waals surface area contributed by atoms with Crippen LogP contribution in [0.15, 0.2) is 18.3 Å². The molecule has 3 N–H and O–H groups in total. The van der Waals surface area contributed by atoms with Crippen LogP contribution in [0.4, 0.5) is 11.8 Å². The summed E-state index contributed by atoms with van der Waals surface area (Å²) >= 11 is 0. The summed E-state index contributed by atoms with van der Waals surface area (Å²) in [5.74, 6) is 2.23. The van der Waals surface area contributed by atoms with Crippen molar-refractivity contribution in [2.45, 2.75) is 76.9 Å². The molecule has 2 aliphatic rings. The largest absolute Gasteiger partial charge is 0.393 e. The molecule has 2 fully saturated rings. The molecular weight excluding hydrogens is 364 g/mol. The summed E-state index contributed by atoms with van der Waals surface area (Å²) in [7, 11) is 0. The predicted octanol–water partition coefficient (Wildman–Crippen LogP) is 3.81. The van der Waals surface area contributed by atoms with Crippen LogP contribution < -0.4 is 10.6 Å². The first-order valence-electron chi connectivity index (χ1n) is 11.1. The molecule has 0 spiro atoms. The molecule has 0 saturated heterocycles. The maximum absolute atomic E-state index is 9.80. The fourth-order valence-corrected chi connectivity index (χ4v) is 3.79. The number of hydrogen-bond acceptors (Lipinski definition) is 7. The monoisotopic (exact) mass is 396 g/mol. The minimum absolute atomic E-state index is 0.172. The second kappa shape index (κ2) is 9.48. The summed E-state index contributed by atoms with van der Waals surface area (Å²) in [6.07, 6.45) is 11.1. The lowest BCUT2D eigenvalue weighted by Gasteiger charge is -2.27. The summed E-state index contributed by atoms with van der Waals surface area (Å²) in [5.41, 5.74) is 2.73. The Morgan fingerprint density at radius 1 is 1.07 bits per heavy atom. The maximum Gasteiger partial charge on any atom is 0.224 e. The van der Waals surface area contributed by atoms with Gasteiger partial charge in [-0.1, -0.05) is 13.3 Å². The highest BCUT2D eigenvalue weighted by Crippen LogP contribution is 2.33. The number of aliphatic hydroxyl groups excluding tert-OH is 1. The van der Waals surface area contributed by atoms with E-state index in [1.54, 1.807) is 0 Å². The molecule has 2 aromatic heterocycles. The molecule has 7 nitrogen and oxygen atoms in total. The summed E-state index contributed by atoms with van der Waals surface area (Å²) in [4.78, 5) is 9.25. The third-order valence-corrected chi connectivity index (χ3v) is 5.83. The normalized spacial score (nSPS) is 21.7. The van der Waals surface area contributed by atoms with E-state index in [1.165, 1.54) is 12.8 Å². The molecule has 0 aliphatic heterocycles. The van der Waals surface area contributed by atoms with Gasteiger partial charge in [-0.05, 0) is 69.4 Å². The molecule has 4 rings (SSSR count). The number of hydrogen-bond donors (Lipinski definition) is 3. The first-order valence-corrected chi connectivity index (χ1v) is 11.1. The topological polar surface area (TPSA) is 95.9 Å². The molecule has 0 bridgehead atoms. The van der Waals surface area contributed by atoms with Gasteiger partial charge in [-0.15, -0.1) is 0 Å². The molecule has 0 amide bonds. The van der Waals surface area contributed by atoms with Gasteiger partial charge in [0.2, 0.25) is 5.95 Å². The highest BCUT2D eigenvalue weighted by Gasteiger charge is 2.23. The van der Waals surface area contributed by atoms with Crippen molar-refractivity contribution in [3.8, 4) is 11.3 Å². The summed E-state index contributed by atoms with van der Waals surface area (Å²) in [5, 5.41) is 25.6. The highest BCUT2D eigenvalue weighted by atomic mass is 16.3. The lowest BCUT2D eigenvalue weighted by Crippen LogP contribution is -2.29. The number of anilines is 2. The van der Waals surface area contributed by atoms with E-state index < -0.39 is 0 Å². The molecule has 2 aliphatic carbocycles. The number of rotatable bonds is 9. The van der Waals surface area contributed by atoms with E-state index in [0.717, 1.165) is 80.2 Å². The van der Waals surface area contributed by atoms with Gasteiger partial charge in [0.15, 0.2) is 0 Å². The third-order valence-electron chi connectivity index (χ3n) is 5.83. The number of nitrogens with one attached hydrogen (secondary N) is 2. The van der Waals surface area contributed by atoms with Gasteiger partial charge in [-0.25, -0.2) is 4.98 Å². The van der Waals surface area contributed by atoms with E-state index in [1.807, 2.05) is 12.3 Å². The van der Waals surface area contributed by atoms with E-state index in [-0.39, 0.29) is 6.10 Å². The first-order chi connectivity index (χ1) is 14.2. The molecule has 156 valence electrons. The standard InChI is InChI=1S/C22H32N6O/c1-2-3-12-23-22-24-14-19(20-11-8-17(27-28-20)13-15-4-5-15)21(26-22)25-16-6-9-18(29)10-7-16/h8,11,14-16,18,29H,2-7,9-10,12-13H2,1H3,(H2,23,24,25,26). The summed E-state index contributed by atoms with van der Waals surface area (Å²) < 4.78 is 0. The molecule has 0 radical (unpaired) electrons. The molecule has 2 saturated carbocycles. The Kier molecular flexibility index (Phi) is 6.54. The van der Waals surface area contributed by atoms with Gasteiger partial charge in [-0.2, -0.15) is 15.2 Å². The average molecular weight is 397 g/mol. The summed E-state index contributed by atoms with van der Waals surface area (Å²) in [6.45, 7) is 3.03. The van der Waals surface area contributed by atoms with Crippen LogP contribution in [-0.2, 0) is 6.42 Å². The zero-order valence-corrected chi connectivity index (χ0v) is 17.3. The number of aromatic nitrogens is 4. The SMILES string of the molecule is CCCCNc1ncc(-c2ccc(CC3CC3)nn2)c(NC2CCC(O)CC2)n1. The van der Waals surface area contributed by atoms with Crippen molar-refractivity contribution in [3.63, 3.8) is 0 Å². The van der Waals surface area contributed by atoms with Crippen LogP contribution in [0.25, 0.3) is 11.3 Å². The molecular formula is C22H32N6O. The van der Waals surface area contributed by atoms with Crippen molar-refractivity contribution in [1.82, 2.24) is 20.2 Å². The third kappa shape index (κ3) is 5.63. The smallest absolute Gasteiger partial charge is 0.224 e. The zero-order chi connectivity index (χ0) is 20.1. The Balaban J connectivity index is 1.53. The van der Waals surface area contributed by atoms with Crippen LogP contribution in [-0.4, -0.2) is 44.0 Å². The van der Waals surface area contributed by atoms with E-state index in [9.17, 15) is 5.11 Å². The summed E-state index contributed by atoms with van der Waals surface area (Å²) in [6, 6.07) is 4.41. The molecule has 7 heteroatoms. The van der Waals surface area contributed by atoms with Gasteiger partial charge < -0.3 is 15.7 Å². The van der Waals surface area contributed by atoms with Crippen LogP contribution in [0.2, 0.25) is 0 Å². The average Bonchev–Trinajstić information content (AvgIpc) is 3.55. The highest BCUT2D eigenvalue weighted by molar-refractivity contribution is 5.72. The van der Waals surface area contributed by atoms with Gasteiger partial charge in [-0.3, -0.25) is 0 Å². The minimum Gasteiger partial charge on any atom is -0.393 e. The molecule has 0 aromatic carbocycles. The molecule has 2 aromatic rings. The van der Waals surface area contributed by atoms with Crippen molar-refractivity contribution in [1.29, 1.82) is 0 Å². The zero-order valence-electron chi connectivity index (χ0n) is 17.3. The van der Waals surface area contributed by atoms with Crippen LogP contribution in [0.3, 0.4) is 0 Å². The Hall–Kier alpha value is -2.28. The Labute approximate surface area is 172 Å². The van der Waals surface area contributed by atoms with Crippen molar-refractivity contribution >= 4 is 11.8 Å². The number of unbranched alkanes of at least 4 members (excludes halogenated alkanes) is 1. The fraction of sp³-hybridized carbons (Fsp3) is 0.636. The lowest BCUT2D eigenvalue weighted by molar-refractivity contribution is 0.126.